The van der Waals surface area contributed by atoms with Gasteiger partial charge in [-0.3, -0.25) is 9.20 Å². The topological polar surface area (TPSA) is 106 Å². The predicted molar refractivity (Wildman–Crippen MR) is 145 cm³/mol. The van der Waals surface area contributed by atoms with Crippen molar-refractivity contribution in [2.45, 2.75) is 42.7 Å². The highest BCUT2D eigenvalue weighted by Gasteiger charge is 2.25. The minimum atomic E-state index is -3.53. The van der Waals surface area contributed by atoms with Crippen molar-refractivity contribution in [1.82, 2.24) is 18.9 Å². The quantitative estimate of drug-likeness (QED) is 0.345. The molecule has 1 amide bonds. The Morgan fingerprint density at radius 3 is 2.46 bits per heavy atom. The maximum Gasteiger partial charge on any atom is 0.243 e. The summed E-state index contributed by atoms with van der Waals surface area (Å²) >= 11 is 1.28. The summed E-state index contributed by atoms with van der Waals surface area (Å²) in [5.41, 5.74) is 3.15. The molecule has 9 nitrogen and oxygen atoms in total. The number of carbonyl (C=O) groups excluding carboxylic acids is 1. The second-order valence-corrected chi connectivity index (χ2v) is 12.0. The molecule has 4 aromatic rings. The van der Waals surface area contributed by atoms with Crippen LogP contribution >= 0.6 is 11.8 Å². The molecule has 1 N–H and O–H groups in total. The third kappa shape index (κ3) is 5.29. The number of sulfonamides is 1. The molecule has 0 saturated carbocycles. The number of amides is 1. The summed E-state index contributed by atoms with van der Waals surface area (Å²) in [5, 5.41) is 13.1. The van der Waals surface area contributed by atoms with Gasteiger partial charge in [-0.05, 0) is 73.2 Å². The first-order valence-corrected chi connectivity index (χ1v) is 14.6. The molecular weight excluding hydrogens is 510 g/mol. The van der Waals surface area contributed by atoms with Crippen molar-refractivity contribution in [3.05, 3.63) is 54.1 Å². The van der Waals surface area contributed by atoms with Gasteiger partial charge in [-0.25, -0.2) is 8.42 Å². The third-order valence-electron chi connectivity index (χ3n) is 6.51. The van der Waals surface area contributed by atoms with E-state index >= 15 is 0 Å². The molecule has 2 aromatic carbocycles. The molecule has 1 aliphatic rings. The Kier molecular flexibility index (Phi) is 7.36. The summed E-state index contributed by atoms with van der Waals surface area (Å²) in [4.78, 5) is 13.0. The number of hydrogen-bond acceptors (Lipinski definition) is 7. The Morgan fingerprint density at radius 1 is 1.03 bits per heavy atom. The largest absolute Gasteiger partial charge is 0.497 e. The zero-order chi connectivity index (χ0) is 26.0. The van der Waals surface area contributed by atoms with Crippen molar-refractivity contribution in [3.63, 3.8) is 0 Å². The average Bonchev–Trinajstić information content (AvgIpc) is 3.13. The standard InChI is InChI=1S/C26H29N5O4S2/c1-18-15-19-7-10-21(35-2)16-23(19)31-25(18)28-29-26(31)36-17-24(32)27-20-8-11-22(12-9-20)37(33,34)30-13-5-3-4-6-14-30/h7-12,15-16H,3-6,13-14,17H2,1-2H3,(H,27,32). The van der Waals surface area contributed by atoms with Crippen LogP contribution in [0.25, 0.3) is 16.6 Å². The minimum Gasteiger partial charge on any atom is -0.497 e. The molecule has 11 heteroatoms. The van der Waals surface area contributed by atoms with Crippen LogP contribution in [-0.2, 0) is 14.8 Å². The van der Waals surface area contributed by atoms with Crippen LogP contribution in [0.15, 0.2) is 58.6 Å². The molecule has 1 aliphatic heterocycles. The van der Waals surface area contributed by atoms with Gasteiger partial charge in [-0.15, -0.1) is 10.2 Å². The molecule has 0 atom stereocenters. The summed E-state index contributed by atoms with van der Waals surface area (Å²) < 4.78 is 34.9. The van der Waals surface area contributed by atoms with Crippen LogP contribution in [0.3, 0.4) is 0 Å². The van der Waals surface area contributed by atoms with Crippen LogP contribution in [-0.4, -0.2) is 59.2 Å². The molecule has 3 heterocycles. The normalized spacial score (nSPS) is 15.1. The van der Waals surface area contributed by atoms with Crippen LogP contribution in [0.1, 0.15) is 31.2 Å². The molecule has 1 fully saturated rings. The lowest BCUT2D eigenvalue weighted by molar-refractivity contribution is -0.113. The highest BCUT2D eigenvalue weighted by atomic mass is 32.2. The average molecular weight is 540 g/mol. The molecular formula is C26H29N5O4S2. The Labute approximate surface area is 220 Å². The minimum absolute atomic E-state index is 0.119. The van der Waals surface area contributed by atoms with Gasteiger partial charge in [0, 0.05) is 24.8 Å². The van der Waals surface area contributed by atoms with Gasteiger partial charge in [0.2, 0.25) is 15.9 Å². The van der Waals surface area contributed by atoms with Crippen molar-refractivity contribution < 1.29 is 17.9 Å². The van der Waals surface area contributed by atoms with E-state index in [0.717, 1.165) is 53.5 Å². The molecule has 0 aliphatic carbocycles. The molecule has 2 aromatic heterocycles. The fourth-order valence-electron chi connectivity index (χ4n) is 4.57. The maximum absolute atomic E-state index is 13.0. The molecule has 1 saturated heterocycles. The first kappa shape index (κ1) is 25.5. The zero-order valence-corrected chi connectivity index (χ0v) is 22.4. The lowest BCUT2D eigenvalue weighted by Crippen LogP contribution is -2.31. The fraction of sp³-hybridized carbons (Fsp3) is 0.346. The Morgan fingerprint density at radius 2 is 1.76 bits per heavy atom. The summed E-state index contributed by atoms with van der Waals surface area (Å²) in [7, 11) is -1.91. The first-order chi connectivity index (χ1) is 17.9. The number of aromatic nitrogens is 3. The fourth-order valence-corrected chi connectivity index (χ4v) is 6.83. The first-order valence-electron chi connectivity index (χ1n) is 12.2. The van der Waals surface area contributed by atoms with Gasteiger partial charge in [0.25, 0.3) is 0 Å². The Hall–Kier alpha value is -3.15. The van der Waals surface area contributed by atoms with Crippen molar-refractivity contribution in [3.8, 4) is 5.75 Å². The van der Waals surface area contributed by atoms with Crippen molar-refractivity contribution >= 4 is 49.9 Å². The Bertz CT molecular complexity index is 1540. The molecule has 37 heavy (non-hydrogen) atoms. The number of benzene rings is 2. The maximum atomic E-state index is 13.0. The number of aryl methyl sites for hydroxylation is 1. The molecule has 0 unspecified atom stereocenters. The van der Waals surface area contributed by atoms with Gasteiger partial charge in [-0.1, -0.05) is 24.6 Å². The van der Waals surface area contributed by atoms with Crippen LogP contribution in [0.5, 0.6) is 5.75 Å². The van der Waals surface area contributed by atoms with Gasteiger partial charge in [0.15, 0.2) is 10.8 Å². The number of hydrogen-bond donors (Lipinski definition) is 1. The number of rotatable bonds is 7. The third-order valence-corrected chi connectivity index (χ3v) is 9.35. The number of anilines is 1. The van der Waals surface area contributed by atoms with Crippen molar-refractivity contribution in [2.24, 2.45) is 0 Å². The predicted octanol–water partition coefficient (Wildman–Crippen LogP) is 4.50. The Balaban J connectivity index is 1.28. The second-order valence-electron chi connectivity index (χ2n) is 9.07. The van der Waals surface area contributed by atoms with E-state index in [9.17, 15) is 13.2 Å². The number of nitrogens with one attached hydrogen (secondary N) is 1. The van der Waals surface area contributed by atoms with Gasteiger partial charge in [0.1, 0.15) is 5.75 Å². The number of nitrogens with zero attached hydrogens (tertiary/aromatic N) is 4. The smallest absolute Gasteiger partial charge is 0.243 e. The SMILES string of the molecule is COc1ccc2cc(C)c3nnc(SCC(=O)Nc4ccc(S(=O)(=O)N5CCCCCC5)cc4)n3c2c1. The van der Waals surface area contributed by atoms with E-state index in [-0.39, 0.29) is 16.6 Å². The summed E-state index contributed by atoms with van der Waals surface area (Å²) in [6.45, 7) is 3.08. The number of methoxy groups -OCH3 is 1. The van der Waals surface area contributed by atoms with E-state index in [4.69, 9.17) is 4.74 Å². The van der Waals surface area contributed by atoms with Crippen molar-refractivity contribution in [2.75, 3.05) is 31.3 Å². The number of pyridine rings is 1. The lowest BCUT2D eigenvalue weighted by Gasteiger charge is -2.20. The summed E-state index contributed by atoms with van der Waals surface area (Å²) in [6.07, 6.45) is 3.89. The molecule has 5 rings (SSSR count). The van der Waals surface area contributed by atoms with E-state index in [2.05, 4.69) is 21.6 Å². The van der Waals surface area contributed by atoms with Crippen LogP contribution < -0.4 is 10.1 Å². The van der Waals surface area contributed by atoms with E-state index in [1.54, 1.807) is 35.7 Å². The molecule has 0 spiro atoms. The molecule has 0 bridgehead atoms. The number of carbonyl (C=O) groups is 1. The van der Waals surface area contributed by atoms with Crippen LogP contribution in [0.4, 0.5) is 5.69 Å². The highest BCUT2D eigenvalue weighted by Crippen LogP contribution is 2.28. The second kappa shape index (κ2) is 10.7. The molecule has 194 valence electrons. The van der Waals surface area contributed by atoms with E-state index in [1.165, 1.54) is 11.8 Å². The summed E-state index contributed by atoms with van der Waals surface area (Å²) in [6, 6.07) is 14.2. The van der Waals surface area contributed by atoms with Gasteiger partial charge < -0.3 is 10.1 Å². The van der Waals surface area contributed by atoms with Gasteiger partial charge >= 0.3 is 0 Å². The number of ether oxygens (including phenoxy) is 1. The van der Waals surface area contributed by atoms with Crippen molar-refractivity contribution in [1.29, 1.82) is 0 Å². The van der Waals surface area contributed by atoms with E-state index in [1.807, 2.05) is 29.5 Å². The monoisotopic (exact) mass is 539 g/mol. The number of fused-ring (bicyclic) bond motifs is 3. The van der Waals surface area contributed by atoms with E-state index in [0.29, 0.717) is 23.9 Å². The van der Waals surface area contributed by atoms with Gasteiger partial charge in [-0.2, -0.15) is 4.31 Å². The van der Waals surface area contributed by atoms with Crippen LogP contribution in [0.2, 0.25) is 0 Å². The van der Waals surface area contributed by atoms with Crippen LogP contribution in [0, 0.1) is 6.92 Å². The summed E-state index contributed by atoms with van der Waals surface area (Å²) in [5.74, 6) is 0.620. The molecule has 0 radical (unpaired) electrons. The number of thioether (sulfide) groups is 1. The van der Waals surface area contributed by atoms with E-state index < -0.39 is 10.0 Å². The zero-order valence-electron chi connectivity index (χ0n) is 20.8. The van der Waals surface area contributed by atoms with Gasteiger partial charge in [0.05, 0.1) is 23.3 Å². The highest BCUT2D eigenvalue weighted by molar-refractivity contribution is 7.99. The lowest BCUT2D eigenvalue weighted by atomic mass is 10.1.